The molecule has 0 bridgehead atoms. The van der Waals surface area contributed by atoms with E-state index in [9.17, 15) is 4.79 Å². The molecule has 0 aliphatic carbocycles. The Morgan fingerprint density at radius 1 is 1.19 bits per heavy atom. The van der Waals surface area contributed by atoms with Gasteiger partial charge in [0.2, 0.25) is 5.78 Å². The van der Waals surface area contributed by atoms with Crippen LogP contribution in [0.15, 0.2) is 62.3 Å². The first-order valence-electron chi connectivity index (χ1n) is 6.23. The van der Waals surface area contributed by atoms with Crippen molar-refractivity contribution >= 4 is 56.0 Å². The zero-order valence-corrected chi connectivity index (χ0v) is 14.0. The van der Waals surface area contributed by atoms with Crippen molar-refractivity contribution in [3.8, 4) is 0 Å². The van der Waals surface area contributed by atoms with Gasteiger partial charge in [0, 0.05) is 14.8 Å². The third-order valence-electron chi connectivity index (χ3n) is 2.94. The molecule has 1 heterocycles. The monoisotopic (exact) mass is 380 g/mol. The van der Waals surface area contributed by atoms with E-state index in [-0.39, 0.29) is 5.78 Å². The quantitative estimate of drug-likeness (QED) is 0.421. The van der Waals surface area contributed by atoms with Gasteiger partial charge in [0.15, 0.2) is 11.3 Å². The van der Waals surface area contributed by atoms with E-state index in [2.05, 4.69) is 15.9 Å². The molecule has 0 fully saturated rings. The van der Waals surface area contributed by atoms with Crippen molar-refractivity contribution in [3.05, 3.63) is 63.8 Å². The Morgan fingerprint density at radius 3 is 2.76 bits per heavy atom. The minimum absolute atomic E-state index is 0.0488. The lowest BCUT2D eigenvalue weighted by molar-refractivity contribution is 0.0994. The van der Waals surface area contributed by atoms with Crippen LogP contribution >= 0.6 is 39.3 Å². The van der Waals surface area contributed by atoms with Crippen LogP contribution in [0.3, 0.4) is 0 Å². The number of fused-ring (bicyclic) bond motifs is 1. The highest BCUT2D eigenvalue weighted by Crippen LogP contribution is 2.28. The molecule has 0 saturated heterocycles. The van der Waals surface area contributed by atoms with Gasteiger partial charge in [-0.2, -0.15) is 0 Å². The van der Waals surface area contributed by atoms with E-state index >= 15 is 0 Å². The molecule has 0 unspecified atom stereocenters. The molecular formula is C16H10BrClO2S. The molecule has 5 heteroatoms. The summed E-state index contributed by atoms with van der Waals surface area (Å²) in [7, 11) is 0. The van der Waals surface area contributed by atoms with Crippen LogP contribution in [0.4, 0.5) is 0 Å². The van der Waals surface area contributed by atoms with E-state index in [4.69, 9.17) is 16.0 Å². The summed E-state index contributed by atoms with van der Waals surface area (Å²) in [5.41, 5.74) is 0.565. The number of para-hydroxylation sites is 1. The minimum atomic E-state index is -0.0488. The zero-order valence-electron chi connectivity index (χ0n) is 10.8. The van der Waals surface area contributed by atoms with Crippen LogP contribution in [0.1, 0.15) is 10.6 Å². The van der Waals surface area contributed by atoms with Crippen LogP contribution in [-0.2, 0) is 0 Å². The molecule has 0 aliphatic rings. The molecule has 0 atom stereocenters. The summed E-state index contributed by atoms with van der Waals surface area (Å²) >= 11 is 10.9. The van der Waals surface area contributed by atoms with Gasteiger partial charge in [-0.15, -0.1) is 11.8 Å². The normalized spacial score (nSPS) is 11.0. The Hall–Kier alpha value is -1.23. The fraction of sp³-hybridized carbons (Fsp3) is 0.0625. The molecule has 0 amide bonds. The molecule has 0 aliphatic heterocycles. The Morgan fingerprint density at radius 2 is 2.00 bits per heavy atom. The lowest BCUT2D eigenvalue weighted by Crippen LogP contribution is -2.00. The molecule has 106 valence electrons. The summed E-state index contributed by atoms with van der Waals surface area (Å²) in [6.07, 6.45) is 0. The van der Waals surface area contributed by atoms with E-state index in [0.29, 0.717) is 22.1 Å². The van der Waals surface area contributed by atoms with Gasteiger partial charge in [0.1, 0.15) is 0 Å². The highest BCUT2D eigenvalue weighted by Gasteiger charge is 2.14. The van der Waals surface area contributed by atoms with Gasteiger partial charge in [0.05, 0.1) is 10.8 Å². The van der Waals surface area contributed by atoms with E-state index in [1.54, 1.807) is 12.1 Å². The molecule has 0 spiro atoms. The number of hydrogen-bond acceptors (Lipinski definition) is 3. The maximum absolute atomic E-state index is 12.2. The molecule has 0 N–H and O–H groups in total. The molecule has 2 nitrogen and oxygen atoms in total. The van der Waals surface area contributed by atoms with Crippen LogP contribution in [0.5, 0.6) is 0 Å². The van der Waals surface area contributed by atoms with Crippen molar-refractivity contribution in [3.63, 3.8) is 0 Å². The van der Waals surface area contributed by atoms with Crippen molar-refractivity contribution in [2.45, 2.75) is 4.90 Å². The maximum atomic E-state index is 12.2. The van der Waals surface area contributed by atoms with Crippen LogP contribution in [0, 0.1) is 0 Å². The fourth-order valence-electron chi connectivity index (χ4n) is 1.94. The van der Waals surface area contributed by atoms with Gasteiger partial charge < -0.3 is 4.42 Å². The first-order chi connectivity index (χ1) is 10.1. The SMILES string of the molecule is O=C(CSc1cccc(Br)c1)c1cc2cccc(Cl)c2o1. The van der Waals surface area contributed by atoms with Gasteiger partial charge in [-0.25, -0.2) is 0 Å². The van der Waals surface area contributed by atoms with Gasteiger partial charge in [-0.1, -0.05) is 45.7 Å². The standard InChI is InChI=1S/C16H10BrClO2S/c17-11-4-2-5-12(8-11)21-9-14(19)15-7-10-3-1-6-13(18)16(10)20-15/h1-8H,9H2. The van der Waals surface area contributed by atoms with Gasteiger partial charge in [-0.05, 0) is 30.3 Å². The highest BCUT2D eigenvalue weighted by atomic mass is 79.9. The van der Waals surface area contributed by atoms with Gasteiger partial charge in [-0.3, -0.25) is 4.79 Å². The summed E-state index contributed by atoms with van der Waals surface area (Å²) in [5, 5.41) is 1.37. The number of furan rings is 1. The average molecular weight is 382 g/mol. The molecule has 3 aromatic rings. The van der Waals surface area contributed by atoms with Crippen LogP contribution in [0.2, 0.25) is 5.02 Å². The lowest BCUT2D eigenvalue weighted by Gasteiger charge is -2.00. The number of rotatable bonds is 4. The second-order valence-corrected chi connectivity index (χ2v) is 6.81. The van der Waals surface area contributed by atoms with Crippen LogP contribution < -0.4 is 0 Å². The first-order valence-corrected chi connectivity index (χ1v) is 8.39. The third-order valence-corrected chi connectivity index (χ3v) is 4.72. The Bertz CT molecular complexity index is 813. The number of Topliss-reactive ketones (excluding diaryl/α,β-unsaturated/α-hetero) is 1. The molecule has 2 aromatic carbocycles. The Labute approximate surface area is 139 Å². The summed E-state index contributed by atoms with van der Waals surface area (Å²) in [5.74, 6) is 0.626. The first kappa shape index (κ1) is 14.7. The number of hydrogen-bond donors (Lipinski definition) is 0. The summed E-state index contributed by atoms with van der Waals surface area (Å²) in [6.45, 7) is 0. The number of carbonyl (C=O) groups is 1. The number of ketones is 1. The minimum Gasteiger partial charge on any atom is -0.451 e. The molecular weight excluding hydrogens is 372 g/mol. The molecule has 1 aromatic heterocycles. The Balaban J connectivity index is 1.76. The third kappa shape index (κ3) is 3.34. The van der Waals surface area contributed by atoms with E-state index in [0.717, 1.165) is 14.8 Å². The van der Waals surface area contributed by atoms with Gasteiger partial charge >= 0.3 is 0 Å². The highest BCUT2D eigenvalue weighted by molar-refractivity contribution is 9.10. The second kappa shape index (κ2) is 6.26. The van der Waals surface area contributed by atoms with Crippen molar-refractivity contribution in [2.75, 3.05) is 5.75 Å². The van der Waals surface area contributed by atoms with Crippen molar-refractivity contribution in [1.82, 2.24) is 0 Å². The number of thioether (sulfide) groups is 1. The molecule has 0 saturated carbocycles. The number of carbonyl (C=O) groups excluding carboxylic acids is 1. The largest absolute Gasteiger partial charge is 0.451 e. The molecule has 21 heavy (non-hydrogen) atoms. The predicted octanol–water partition coefficient (Wildman–Crippen LogP) is 5.82. The summed E-state index contributed by atoms with van der Waals surface area (Å²) < 4.78 is 6.56. The second-order valence-electron chi connectivity index (χ2n) is 4.44. The van der Waals surface area contributed by atoms with Gasteiger partial charge in [0.25, 0.3) is 0 Å². The topological polar surface area (TPSA) is 30.2 Å². The summed E-state index contributed by atoms with van der Waals surface area (Å²) in [4.78, 5) is 13.2. The van der Waals surface area contributed by atoms with E-state index in [1.165, 1.54) is 11.8 Å². The smallest absolute Gasteiger partial charge is 0.208 e. The van der Waals surface area contributed by atoms with Crippen molar-refractivity contribution in [2.24, 2.45) is 0 Å². The van der Waals surface area contributed by atoms with Crippen molar-refractivity contribution < 1.29 is 9.21 Å². The van der Waals surface area contributed by atoms with Crippen LogP contribution in [0.25, 0.3) is 11.0 Å². The predicted molar refractivity (Wildman–Crippen MR) is 90.4 cm³/mol. The van der Waals surface area contributed by atoms with Crippen LogP contribution in [-0.4, -0.2) is 11.5 Å². The van der Waals surface area contributed by atoms with E-state index < -0.39 is 0 Å². The lowest BCUT2D eigenvalue weighted by atomic mass is 10.2. The average Bonchev–Trinajstić information content (AvgIpc) is 2.90. The summed E-state index contributed by atoms with van der Waals surface area (Å²) in [6, 6.07) is 15.0. The maximum Gasteiger partial charge on any atom is 0.208 e. The zero-order chi connectivity index (χ0) is 14.8. The van der Waals surface area contributed by atoms with Crippen molar-refractivity contribution in [1.29, 1.82) is 0 Å². The number of benzene rings is 2. The molecule has 3 rings (SSSR count). The fourth-order valence-corrected chi connectivity index (χ4v) is 3.54. The number of halogens is 2. The Kier molecular flexibility index (Phi) is 4.38. The van der Waals surface area contributed by atoms with E-state index in [1.807, 2.05) is 36.4 Å². The molecule has 0 radical (unpaired) electrons.